The zero-order chi connectivity index (χ0) is 28.7. The van der Waals surface area contributed by atoms with Gasteiger partial charge in [0.15, 0.2) is 11.9 Å². The number of methoxy groups -OCH3 is 1. The van der Waals surface area contributed by atoms with Crippen molar-refractivity contribution in [2.75, 3.05) is 51.3 Å². The molecule has 0 saturated carbocycles. The summed E-state index contributed by atoms with van der Waals surface area (Å²) in [6.45, 7) is 16.1. The molecular weight excluding hydrogens is 496 g/mol. The summed E-state index contributed by atoms with van der Waals surface area (Å²) < 4.78 is 6.41. The molecule has 1 amide bonds. The largest absolute Gasteiger partial charge is 0.497 e. The van der Waals surface area contributed by atoms with E-state index in [2.05, 4.69) is 73.9 Å². The van der Waals surface area contributed by atoms with Crippen LogP contribution in [0.5, 0.6) is 5.75 Å². The number of fused-ring (bicyclic) bond motifs is 1. The first-order chi connectivity index (χ1) is 19.2. The summed E-state index contributed by atoms with van der Waals surface area (Å²) in [6.07, 6.45) is 8.66. The number of hydrogen-bond donors (Lipinski definition) is 1. The fraction of sp³-hybridized carbons (Fsp3) is 0.618. The van der Waals surface area contributed by atoms with Crippen molar-refractivity contribution >= 4 is 17.3 Å². The Kier molecular flexibility index (Phi) is 10.5. The monoisotopic (exact) mass is 549 g/mol. The van der Waals surface area contributed by atoms with Gasteiger partial charge in [-0.1, -0.05) is 46.2 Å². The van der Waals surface area contributed by atoms with Gasteiger partial charge >= 0.3 is 0 Å². The summed E-state index contributed by atoms with van der Waals surface area (Å²) >= 11 is 0. The smallest absolute Gasteiger partial charge is 0.248 e. The van der Waals surface area contributed by atoms with Crippen LogP contribution < -0.4 is 19.9 Å². The second kappa shape index (κ2) is 13.9. The third kappa shape index (κ3) is 7.19. The molecule has 1 unspecified atom stereocenters. The lowest BCUT2D eigenvalue weighted by Gasteiger charge is -2.43. The first-order valence-electron chi connectivity index (χ1n) is 15.7. The predicted octanol–water partition coefficient (Wildman–Crippen LogP) is 6.46. The Morgan fingerprint density at radius 1 is 0.950 bits per heavy atom. The first-order valence-corrected chi connectivity index (χ1v) is 15.7. The highest BCUT2D eigenvalue weighted by atomic mass is 16.5. The van der Waals surface area contributed by atoms with Crippen LogP contribution in [0.15, 0.2) is 42.5 Å². The number of benzene rings is 2. The Hall–Kier alpha value is -2.57. The Labute approximate surface area is 243 Å². The van der Waals surface area contributed by atoms with Gasteiger partial charge in [0.25, 0.3) is 0 Å². The normalized spacial score (nSPS) is 18.9. The third-order valence-corrected chi connectivity index (χ3v) is 9.09. The topological polar surface area (TPSA) is 58.8 Å². The highest BCUT2D eigenvalue weighted by molar-refractivity contribution is 5.95. The number of quaternary nitrogens is 1. The van der Waals surface area contributed by atoms with E-state index in [0.717, 1.165) is 62.1 Å². The molecule has 6 nitrogen and oxygen atoms in total. The summed E-state index contributed by atoms with van der Waals surface area (Å²) in [6, 6.07) is 14.9. The molecule has 2 heterocycles. The van der Waals surface area contributed by atoms with Crippen molar-refractivity contribution in [3.63, 3.8) is 0 Å². The average Bonchev–Trinajstić information content (AvgIpc) is 3.19. The molecule has 40 heavy (non-hydrogen) atoms. The molecule has 2 N–H and O–H groups in total. The minimum Gasteiger partial charge on any atom is -0.497 e. The Bertz CT molecular complexity index is 1080. The number of piperidine rings is 1. The molecule has 220 valence electrons. The van der Waals surface area contributed by atoms with Crippen LogP contribution >= 0.6 is 0 Å². The number of anilines is 1. The van der Waals surface area contributed by atoms with Crippen molar-refractivity contribution in [1.82, 2.24) is 9.38 Å². The quantitative estimate of drug-likeness (QED) is 0.275. The lowest BCUT2D eigenvalue weighted by molar-refractivity contribution is 0.100. The van der Waals surface area contributed by atoms with Crippen molar-refractivity contribution in [1.29, 1.82) is 0 Å². The Balaban J connectivity index is 1.76. The Morgan fingerprint density at radius 3 is 2.17 bits per heavy atom. The van der Waals surface area contributed by atoms with Crippen LogP contribution in [0.2, 0.25) is 0 Å². The number of nitrogens with two attached hydrogens (primary N) is 1. The molecule has 0 aromatic heterocycles. The van der Waals surface area contributed by atoms with E-state index in [1.54, 1.807) is 7.11 Å². The number of hydrogen-bond acceptors (Lipinski definition) is 4. The molecule has 4 rings (SSSR count). The number of amides is 1. The molecule has 2 aliphatic rings. The van der Waals surface area contributed by atoms with E-state index < -0.39 is 0 Å². The highest BCUT2D eigenvalue weighted by Gasteiger charge is 2.50. The standard InChI is InChI=1S/C34H52N4O2/c1-26(2)16-22-38(23-17-27(3)4)32-15-12-29(34(35)39)25-31(32)37(21-9-20-36-18-7-6-8-19-36)33(38)24-28-10-13-30(40-5)14-11-28/h10-15,25-27,33H,6-9,16-24H2,1-5H3,(H-,35,39)/p+1. The lowest BCUT2D eigenvalue weighted by Crippen LogP contribution is -2.62. The third-order valence-electron chi connectivity index (χ3n) is 9.09. The summed E-state index contributed by atoms with van der Waals surface area (Å²) in [5.74, 6) is 1.79. The summed E-state index contributed by atoms with van der Waals surface area (Å²) in [4.78, 5) is 17.6. The van der Waals surface area contributed by atoms with Crippen LogP contribution in [0.1, 0.15) is 82.1 Å². The summed E-state index contributed by atoms with van der Waals surface area (Å²) in [7, 11) is 1.72. The van der Waals surface area contributed by atoms with E-state index in [-0.39, 0.29) is 12.1 Å². The summed E-state index contributed by atoms with van der Waals surface area (Å²) in [5.41, 5.74) is 10.3. The van der Waals surface area contributed by atoms with Crippen molar-refractivity contribution in [3.05, 3.63) is 53.6 Å². The van der Waals surface area contributed by atoms with Gasteiger partial charge in [-0.15, -0.1) is 0 Å². The maximum atomic E-state index is 12.3. The molecule has 0 radical (unpaired) electrons. The van der Waals surface area contributed by atoms with Gasteiger partial charge in [-0.05, 0) is 93.4 Å². The van der Waals surface area contributed by atoms with E-state index in [4.69, 9.17) is 10.5 Å². The zero-order valence-electron chi connectivity index (χ0n) is 25.7. The maximum Gasteiger partial charge on any atom is 0.248 e. The van der Waals surface area contributed by atoms with Crippen LogP contribution in [0.4, 0.5) is 11.4 Å². The first kappa shape index (κ1) is 30.4. The summed E-state index contributed by atoms with van der Waals surface area (Å²) in [5, 5.41) is 0. The molecule has 0 bridgehead atoms. The zero-order valence-corrected chi connectivity index (χ0v) is 25.7. The number of carbonyl (C=O) groups is 1. The molecule has 0 spiro atoms. The lowest BCUT2D eigenvalue weighted by atomic mass is 10.0. The van der Waals surface area contributed by atoms with Gasteiger partial charge in [-0.3, -0.25) is 9.28 Å². The van der Waals surface area contributed by atoms with Crippen molar-refractivity contribution in [2.24, 2.45) is 17.6 Å². The molecule has 2 aromatic carbocycles. The van der Waals surface area contributed by atoms with Gasteiger partial charge in [0, 0.05) is 24.6 Å². The van der Waals surface area contributed by atoms with E-state index in [1.807, 2.05) is 6.07 Å². The number of rotatable bonds is 14. The average molecular weight is 550 g/mol. The number of primary amides is 1. The molecule has 0 aliphatic carbocycles. The number of carbonyl (C=O) groups excluding carboxylic acids is 1. The van der Waals surface area contributed by atoms with E-state index in [0.29, 0.717) is 17.4 Å². The van der Waals surface area contributed by atoms with Crippen LogP contribution in [0, 0.1) is 11.8 Å². The highest BCUT2D eigenvalue weighted by Crippen LogP contribution is 2.48. The minimum absolute atomic E-state index is 0.269. The van der Waals surface area contributed by atoms with Gasteiger partial charge in [0.2, 0.25) is 5.91 Å². The molecule has 1 saturated heterocycles. The van der Waals surface area contributed by atoms with E-state index in [1.165, 1.54) is 49.3 Å². The van der Waals surface area contributed by atoms with E-state index >= 15 is 0 Å². The predicted molar refractivity (Wildman–Crippen MR) is 168 cm³/mol. The van der Waals surface area contributed by atoms with Gasteiger partial charge in [-0.25, -0.2) is 0 Å². The van der Waals surface area contributed by atoms with Crippen LogP contribution in [-0.4, -0.2) is 63.4 Å². The minimum atomic E-state index is -0.350. The molecule has 1 atom stereocenters. The van der Waals surface area contributed by atoms with Crippen LogP contribution in [0.25, 0.3) is 0 Å². The second-order valence-corrected chi connectivity index (χ2v) is 12.9. The fourth-order valence-corrected chi connectivity index (χ4v) is 6.67. The molecule has 2 aromatic rings. The number of ether oxygens (including phenoxy) is 1. The Morgan fingerprint density at radius 2 is 1.60 bits per heavy atom. The van der Waals surface area contributed by atoms with Gasteiger partial charge in [0.1, 0.15) is 11.4 Å². The fourth-order valence-electron chi connectivity index (χ4n) is 6.67. The molecule has 2 aliphatic heterocycles. The molecular formula is C34H53N4O2+. The van der Waals surface area contributed by atoms with Crippen LogP contribution in [-0.2, 0) is 6.42 Å². The van der Waals surface area contributed by atoms with Gasteiger partial charge in [0.05, 0.1) is 20.2 Å². The van der Waals surface area contributed by atoms with Crippen molar-refractivity contribution in [2.45, 2.75) is 78.8 Å². The maximum absolute atomic E-state index is 12.3. The second-order valence-electron chi connectivity index (χ2n) is 12.9. The van der Waals surface area contributed by atoms with Gasteiger partial charge in [-0.2, -0.15) is 0 Å². The van der Waals surface area contributed by atoms with Gasteiger partial charge < -0.3 is 20.3 Å². The van der Waals surface area contributed by atoms with Crippen molar-refractivity contribution in [3.8, 4) is 5.75 Å². The van der Waals surface area contributed by atoms with Crippen molar-refractivity contribution < 1.29 is 9.53 Å². The number of nitrogens with zero attached hydrogens (tertiary/aromatic N) is 3. The molecule has 1 fully saturated rings. The number of likely N-dealkylation sites (tertiary alicyclic amines) is 1. The molecule has 6 heteroatoms. The van der Waals surface area contributed by atoms with E-state index in [9.17, 15) is 4.79 Å². The van der Waals surface area contributed by atoms with Crippen LogP contribution in [0.3, 0.4) is 0 Å². The SMILES string of the molecule is COc1ccc(CC2N(CCCN3CCCCC3)c3cc(C(N)=O)ccc3[N+]2(CCC(C)C)CCC(C)C)cc1.